The van der Waals surface area contributed by atoms with Crippen molar-refractivity contribution in [3.8, 4) is 12.1 Å². The molecule has 10 nitrogen and oxygen atoms in total. The molecular formula is C32H40BBrN6O4. The predicted octanol–water partition coefficient (Wildman–Crippen LogP) is 3.52. The van der Waals surface area contributed by atoms with Gasteiger partial charge in [-0.25, -0.2) is 0 Å². The second kappa shape index (κ2) is 13.6. The van der Waals surface area contributed by atoms with Crippen LogP contribution in [0, 0.1) is 22.7 Å². The number of hydrogen-bond acceptors (Lipinski definition) is 8. The molecule has 0 radical (unpaired) electrons. The van der Waals surface area contributed by atoms with Crippen molar-refractivity contribution in [2.45, 2.75) is 52.7 Å². The van der Waals surface area contributed by atoms with E-state index in [1.54, 1.807) is 13.8 Å². The zero-order valence-electron chi connectivity index (χ0n) is 26.4. The molecule has 0 N–H and O–H groups in total. The van der Waals surface area contributed by atoms with Crippen molar-refractivity contribution in [3.63, 3.8) is 0 Å². The number of benzene rings is 2. The van der Waals surface area contributed by atoms with E-state index in [-0.39, 0.29) is 11.8 Å². The monoisotopic (exact) mass is 662 g/mol. The van der Waals surface area contributed by atoms with Crippen molar-refractivity contribution in [3.05, 3.63) is 52.0 Å². The lowest BCUT2D eigenvalue weighted by molar-refractivity contribution is -0.129. The normalized spacial score (nSPS) is 19.1. The molecule has 2 aromatic carbocycles. The first-order valence-electron chi connectivity index (χ1n) is 14.9. The summed E-state index contributed by atoms with van der Waals surface area (Å²) in [6.07, 6.45) is 0. The third-order valence-corrected chi connectivity index (χ3v) is 9.37. The van der Waals surface area contributed by atoms with Gasteiger partial charge >= 0.3 is 7.12 Å². The van der Waals surface area contributed by atoms with Gasteiger partial charge < -0.3 is 28.9 Å². The molecule has 0 bridgehead atoms. The summed E-state index contributed by atoms with van der Waals surface area (Å²) in [5.74, 6) is 0.215. The molecule has 3 saturated heterocycles. The topological polar surface area (TPSA) is 113 Å². The molecule has 3 aliphatic rings. The smallest absolute Gasteiger partial charge is 0.399 e. The highest BCUT2D eigenvalue weighted by Crippen LogP contribution is 2.36. The Morgan fingerprint density at radius 2 is 1.14 bits per heavy atom. The Bertz CT molecular complexity index is 1450. The van der Waals surface area contributed by atoms with Crippen LogP contribution in [0.4, 0.5) is 11.4 Å². The van der Waals surface area contributed by atoms with Crippen LogP contribution >= 0.6 is 15.9 Å². The molecule has 2 aromatic rings. The van der Waals surface area contributed by atoms with E-state index in [9.17, 15) is 14.9 Å². The molecule has 12 heteroatoms. The van der Waals surface area contributed by atoms with Gasteiger partial charge in [-0.1, -0.05) is 22.0 Å². The van der Waals surface area contributed by atoms with E-state index in [2.05, 4.69) is 37.9 Å². The maximum atomic E-state index is 11.5. The Labute approximate surface area is 269 Å². The van der Waals surface area contributed by atoms with Crippen molar-refractivity contribution < 1.29 is 18.9 Å². The number of carbonyl (C=O) groups excluding carboxylic acids is 2. The third kappa shape index (κ3) is 7.38. The largest absolute Gasteiger partial charge is 0.494 e. The summed E-state index contributed by atoms with van der Waals surface area (Å²) in [6, 6.07) is 16.0. The number of amides is 2. The summed E-state index contributed by atoms with van der Waals surface area (Å²) in [5.41, 5.74) is 3.15. The lowest BCUT2D eigenvalue weighted by Gasteiger charge is -2.36. The van der Waals surface area contributed by atoms with E-state index < -0.39 is 18.3 Å². The molecule has 3 heterocycles. The fourth-order valence-corrected chi connectivity index (χ4v) is 5.80. The number of nitriles is 2. The quantitative estimate of drug-likeness (QED) is 0.459. The Hall–Kier alpha value is -3.58. The number of rotatable bonds is 3. The van der Waals surface area contributed by atoms with E-state index in [0.717, 1.165) is 60.6 Å². The highest BCUT2D eigenvalue weighted by Gasteiger charge is 2.51. The minimum absolute atomic E-state index is 0.0984. The predicted molar refractivity (Wildman–Crippen MR) is 175 cm³/mol. The molecule has 232 valence electrons. The van der Waals surface area contributed by atoms with Crippen LogP contribution in [0.5, 0.6) is 0 Å². The molecule has 44 heavy (non-hydrogen) atoms. The summed E-state index contributed by atoms with van der Waals surface area (Å²) in [7, 11) is -0.476. The summed E-state index contributed by atoms with van der Waals surface area (Å²) in [6.45, 7) is 17.0. The third-order valence-electron chi connectivity index (χ3n) is 8.88. The molecule has 0 unspecified atom stereocenters. The summed E-state index contributed by atoms with van der Waals surface area (Å²) in [4.78, 5) is 30.7. The van der Waals surface area contributed by atoms with Crippen LogP contribution < -0.4 is 15.3 Å². The first kappa shape index (κ1) is 33.3. The Balaban J connectivity index is 0.000000215. The number of anilines is 2. The van der Waals surface area contributed by atoms with Crippen LogP contribution in [0.15, 0.2) is 40.9 Å². The van der Waals surface area contributed by atoms with Crippen LogP contribution in [0.2, 0.25) is 0 Å². The molecule has 5 rings (SSSR count). The average Bonchev–Trinajstić information content (AvgIpc) is 3.23. The van der Waals surface area contributed by atoms with Crippen molar-refractivity contribution >= 4 is 51.7 Å². The van der Waals surface area contributed by atoms with Crippen molar-refractivity contribution in [2.24, 2.45) is 0 Å². The first-order valence-corrected chi connectivity index (χ1v) is 15.7. The highest BCUT2D eigenvalue weighted by molar-refractivity contribution is 9.10. The number of piperazine rings is 2. The Morgan fingerprint density at radius 1 is 0.727 bits per heavy atom. The fourth-order valence-electron chi connectivity index (χ4n) is 5.44. The Morgan fingerprint density at radius 3 is 1.55 bits per heavy atom. The summed E-state index contributed by atoms with van der Waals surface area (Å²) in [5, 5.41) is 18.8. The molecular weight excluding hydrogens is 623 g/mol. The van der Waals surface area contributed by atoms with Gasteiger partial charge in [0, 0.05) is 70.7 Å². The lowest BCUT2D eigenvalue weighted by Crippen LogP contribution is -2.48. The van der Waals surface area contributed by atoms with E-state index in [1.165, 1.54) is 0 Å². The zero-order valence-corrected chi connectivity index (χ0v) is 28.0. The van der Waals surface area contributed by atoms with Gasteiger partial charge in [0.25, 0.3) is 0 Å². The van der Waals surface area contributed by atoms with Crippen molar-refractivity contribution in [1.82, 2.24) is 9.80 Å². The summed E-state index contributed by atoms with van der Waals surface area (Å²) < 4.78 is 13.1. The van der Waals surface area contributed by atoms with Gasteiger partial charge in [-0.15, -0.1) is 0 Å². The zero-order chi connectivity index (χ0) is 32.2. The molecule has 3 fully saturated rings. The van der Waals surface area contributed by atoms with E-state index >= 15 is 0 Å². The second-order valence-electron chi connectivity index (χ2n) is 12.2. The molecule has 0 aliphatic carbocycles. The average molecular weight is 663 g/mol. The molecule has 2 amide bonds. The van der Waals surface area contributed by atoms with Crippen LogP contribution in [0.1, 0.15) is 52.7 Å². The lowest BCUT2D eigenvalue weighted by atomic mass is 9.78. The van der Waals surface area contributed by atoms with Crippen LogP contribution in [0.3, 0.4) is 0 Å². The SMILES string of the molecule is CC(=O)N1CCN(c2ccc(B3OC(C)(C)C(C)(C)O3)cc2C#N)CC1.CC(=O)N1CCN(c2ccc(Br)cc2C#N)CC1. The fraction of sp³-hybridized carbons (Fsp3) is 0.500. The minimum atomic E-state index is -0.476. The number of halogens is 1. The van der Waals surface area contributed by atoms with Gasteiger partial charge in [0.05, 0.1) is 33.7 Å². The van der Waals surface area contributed by atoms with Crippen LogP contribution in [-0.4, -0.2) is 92.3 Å². The van der Waals surface area contributed by atoms with Gasteiger partial charge in [-0.05, 0) is 63.5 Å². The van der Waals surface area contributed by atoms with Crippen LogP contribution in [0.25, 0.3) is 0 Å². The minimum Gasteiger partial charge on any atom is -0.399 e. The van der Waals surface area contributed by atoms with E-state index in [4.69, 9.17) is 14.6 Å². The number of carbonyl (C=O) groups is 2. The molecule has 0 atom stereocenters. The highest BCUT2D eigenvalue weighted by atomic mass is 79.9. The van der Waals surface area contributed by atoms with Gasteiger partial charge in [0.1, 0.15) is 12.1 Å². The molecule has 3 aliphatic heterocycles. The maximum absolute atomic E-state index is 11.5. The summed E-state index contributed by atoms with van der Waals surface area (Å²) >= 11 is 3.37. The van der Waals surface area contributed by atoms with Gasteiger partial charge in [-0.2, -0.15) is 10.5 Å². The maximum Gasteiger partial charge on any atom is 0.494 e. The van der Waals surface area contributed by atoms with E-state index in [0.29, 0.717) is 24.2 Å². The van der Waals surface area contributed by atoms with Crippen molar-refractivity contribution in [2.75, 3.05) is 62.2 Å². The van der Waals surface area contributed by atoms with Gasteiger partial charge in [0.15, 0.2) is 0 Å². The number of hydrogen-bond donors (Lipinski definition) is 0. The standard InChI is InChI=1S/C19H26BN3O3.C13H14BrN3O/c1-14(24)22-8-10-23(11-9-22)17-7-6-16(12-15(17)13-21)20-25-18(2,3)19(4,5)26-20;1-10(18)16-4-6-17(7-5-16)13-3-2-12(14)8-11(13)9-15/h6-7,12H,8-11H2,1-5H3;2-3,8H,4-7H2,1H3. The van der Waals surface area contributed by atoms with Crippen LogP contribution in [-0.2, 0) is 18.9 Å². The van der Waals surface area contributed by atoms with Gasteiger partial charge in [-0.3, -0.25) is 9.59 Å². The Kier molecular flexibility index (Phi) is 10.3. The molecule has 0 aromatic heterocycles. The molecule has 0 saturated carbocycles. The molecule has 0 spiro atoms. The van der Waals surface area contributed by atoms with E-state index in [1.807, 2.05) is 73.9 Å². The first-order chi connectivity index (χ1) is 20.8. The van der Waals surface area contributed by atoms with Crippen molar-refractivity contribution in [1.29, 1.82) is 10.5 Å². The van der Waals surface area contributed by atoms with Gasteiger partial charge in [0.2, 0.25) is 11.8 Å². The number of nitrogens with zero attached hydrogens (tertiary/aromatic N) is 6. The second-order valence-corrected chi connectivity index (χ2v) is 13.2.